The summed E-state index contributed by atoms with van der Waals surface area (Å²) in [5, 5.41) is 8.54. The molecule has 0 radical (unpaired) electrons. The molecule has 2 heterocycles. The van der Waals surface area contributed by atoms with Gasteiger partial charge < -0.3 is 10.2 Å². The van der Waals surface area contributed by atoms with E-state index in [2.05, 4.69) is 31.6 Å². The van der Waals surface area contributed by atoms with Gasteiger partial charge in [-0.15, -0.1) is 0 Å². The molecule has 194 valence electrons. The number of nitrogens with one attached hydrogen (secondary N) is 2. The van der Waals surface area contributed by atoms with E-state index in [1.54, 1.807) is 37.4 Å². The highest BCUT2D eigenvalue weighted by molar-refractivity contribution is 7.92. The summed E-state index contributed by atoms with van der Waals surface area (Å²) in [6.45, 7) is 6.52. The summed E-state index contributed by atoms with van der Waals surface area (Å²) in [5.41, 5.74) is 1.71. The van der Waals surface area contributed by atoms with Gasteiger partial charge in [0.15, 0.2) is 0 Å². The Balaban J connectivity index is 1.29. The first-order valence-corrected chi connectivity index (χ1v) is 13.6. The van der Waals surface area contributed by atoms with Crippen molar-refractivity contribution in [2.45, 2.75) is 25.8 Å². The first-order chi connectivity index (χ1) is 17.8. The molecule has 1 fully saturated rings. The molecule has 2 aliphatic heterocycles. The third kappa shape index (κ3) is 6.62. The van der Waals surface area contributed by atoms with Crippen molar-refractivity contribution in [1.82, 2.24) is 15.2 Å². The summed E-state index contributed by atoms with van der Waals surface area (Å²) in [7, 11) is -3.37. The predicted octanol–water partition coefficient (Wildman–Crippen LogP) is 3.84. The van der Waals surface area contributed by atoms with Crippen LogP contribution in [0, 0.1) is 5.82 Å². The lowest BCUT2D eigenvalue weighted by Crippen LogP contribution is -2.32. The summed E-state index contributed by atoms with van der Waals surface area (Å²) >= 11 is 0. The van der Waals surface area contributed by atoms with E-state index in [0.717, 1.165) is 30.8 Å². The highest BCUT2D eigenvalue weighted by Crippen LogP contribution is 2.33. The van der Waals surface area contributed by atoms with E-state index in [0.29, 0.717) is 17.1 Å². The number of sulfonamides is 1. The van der Waals surface area contributed by atoms with Gasteiger partial charge in [-0.25, -0.2) is 22.8 Å². The van der Waals surface area contributed by atoms with Crippen molar-refractivity contribution in [3.05, 3.63) is 90.2 Å². The highest BCUT2D eigenvalue weighted by Gasteiger charge is 2.29. The summed E-state index contributed by atoms with van der Waals surface area (Å²) in [6.07, 6.45) is 7.03. The first-order valence-electron chi connectivity index (χ1n) is 11.9. The van der Waals surface area contributed by atoms with Crippen molar-refractivity contribution in [3.63, 3.8) is 0 Å². The number of nitrogens with zero attached hydrogens (tertiary/aromatic N) is 4. The monoisotopic (exact) mass is 524 g/mol. The van der Waals surface area contributed by atoms with Gasteiger partial charge in [0.1, 0.15) is 17.5 Å². The van der Waals surface area contributed by atoms with E-state index in [-0.39, 0.29) is 30.1 Å². The average Bonchev–Trinajstić information content (AvgIpc) is 3.37. The van der Waals surface area contributed by atoms with E-state index in [1.807, 2.05) is 12.1 Å². The minimum absolute atomic E-state index is 0.0342. The molecule has 0 unspecified atom stereocenters. The number of hydrogen-bond acceptors (Lipinski definition) is 7. The molecule has 11 heteroatoms. The zero-order valence-electron chi connectivity index (χ0n) is 20.5. The molecule has 1 saturated heterocycles. The minimum Gasteiger partial charge on any atom is -0.349 e. The average molecular weight is 525 g/mol. The third-order valence-electron chi connectivity index (χ3n) is 6.01. The summed E-state index contributed by atoms with van der Waals surface area (Å²) in [6, 6.07) is 12.9. The van der Waals surface area contributed by atoms with Crippen LogP contribution in [0.2, 0.25) is 0 Å². The maximum atomic E-state index is 13.7. The number of carbonyl (C=O) groups excluding carboxylic acids is 1. The van der Waals surface area contributed by atoms with Crippen molar-refractivity contribution in [3.8, 4) is 0 Å². The van der Waals surface area contributed by atoms with E-state index < -0.39 is 10.0 Å². The Labute approximate surface area is 216 Å². The zero-order valence-corrected chi connectivity index (χ0v) is 21.3. The molecule has 0 aliphatic carbocycles. The molecule has 4 rings (SSSR count). The van der Waals surface area contributed by atoms with Crippen LogP contribution < -0.4 is 10.0 Å². The molecule has 0 saturated carbocycles. The van der Waals surface area contributed by atoms with Crippen molar-refractivity contribution in [2.24, 2.45) is 10.1 Å². The van der Waals surface area contributed by atoms with Gasteiger partial charge >= 0.3 is 0 Å². The Hall–Kier alpha value is -3.99. The molecule has 0 aromatic heterocycles. The van der Waals surface area contributed by atoms with Gasteiger partial charge in [-0.05, 0) is 67.8 Å². The molecule has 0 bridgehead atoms. The van der Waals surface area contributed by atoms with Crippen LogP contribution in [0.5, 0.6) is 0 Å². The Bertz CT molecular complexity index is 1350. The summed E-state index contributed by atoms with van der Waals surface area (Å²) in [5.74, 6) is 0.574. The van der Waals surface area contributed by atoms with Gasteiger partial charge in [-0.1, -0.05) is 18.7 Å². The van der Waals surface area contributed by atoms with E-state index in [4.69, 9.17) is 0 Å². The van der Waals surface area contributed by atoms with Gasteiger partial charge in [0.25, 0.3) is 5.91 Å². The zero-order chi connectivity index (χ0) is 26.4. The number of carbonyl (C=O) groups is 1. The number of amides is 1. The normalized spacial score (nSPS) is 17.8. The Kier molecular flexibility index (Phi) is 8.02. The summed E-state index contributed by atoms with van der Waals surface area (Å²) < 4.78 is 39.4. The van der Waals surface area contributed by atoms with Crippen LogP contribution in [0.3, 0.4) is 0 Å². The molecule has 0 spiro atoms. The van der Waals surface area contributed by atoms with Crippen molar-refractivity contribution in [2.75, 3.05) is 23.6 Å². The van der Waals surface area contributed by atoms with Crippen molar-refractivity contribution >= 4 is 33.7 Å². The van der Waals surface area contributed by atoms with Gasteiger partial charge in [-0.3, -0.25) is 9.52 Å². The van der Waals surface area contributed by atoms with Gasteiger partial charge in [0.05, 0.1) is 18.3 Å². The quantitative estimate of drug-likeness (QED) is 0.511. The van der Waals surface area contributed by atoms with Crippen LogP contribution in [0.25, 0.3) is 0 Å². The predicted molar refractivity (Wildman–Crippen MR) is 143 cm³/mol. The van der Waals surface area contributed by atoms with Crippen molar-refractivity contribution in [1.29, 1.82) is 0 Å². The molecule has 2 aromatic rings. The lowest BCUT2D eigenvalue weighted by atomic mass is 10.0. The van der Waals surface area contributed by atoms with Crippen LogP contribution in [0.4, 0.5) is 10.1 Å². The molecule has 2 N–H and O–H groups in total. The van der Waals surface area contributed by atoms with Crippen LogP contribution in [0.15, 0.2) is 83.3 Å². The highest BCUT2D eigenvalue weighted by atomic mass is 32.2. The number of benzene rings is 2. The Morgan fingerprint density at radius 2 is 2.05 bits per heavy atom. The van der Waals surface area contributed by atoms with Crippen LogP contribution in [-0.4, -0.2) is 55.1 Å². The van der Waals surface area contributed by atoms with Crippen LogP contribution in [0.1, 0.15) is 41.7 Å². The van der Waals surface area contributed by atoms with Gasteiger partial charge in [-0.2, -0.15) is 5.10 Å². The first kappa shape index (κ1) is 26.1. The second-order valence-electron chi connectivity index (χ2n) is 8.54. The fourth-order valence-corrected chi connectivity index (χ4v) is 4.76. The molecule has 1 amide bonds. The number of rotatable bonds is 8. The SMILES string of the molecule is C=C1N=C(N2CCC[C@@H]2c2cccc(F)c2)C=CN1/N=C\CNC(=O)c1ccc(NS(=O)(=O)CC)cc1. The molecule has 9 nitrogen and oxygen atoms in total. The summed E-state index contributed by atoms with van der Waals surface area (Å²) in [4.78, 5) is 19.1. The van der Waals surface area contributed by atoms with Crippen molar-refractivity contribution < 1.29 is 17.6 Å². The second kappa shape index (κ2) is 11.4. The lowest BCUT2D eigenvalue weighted by Gasteiger charge is -2.29. The number of halogens is 1. The topological polar surface area (TPSA) is 106 Å². The second-order valence-corrected chi connectivity index (χ2v) is 10.6. The van der Waals surface area contributed by atoms with E-state index in [9.17, 15) is 17.6 Å². The number of anilines is 1. The molecule has 2 aliphatic rings. The molecular formula is C26H29FN6O3S. The number of aliphatic imine (C=N–C) groups is 1. The fraction of sp³-hybridized carbons (Fsp3) is 0.269. The number of hydrogen-bond donors (Lipinski definition) is 2. The molecule has 37 heavy (non-hydrogen) atoms. The Morgan fingerprint density at radius 3 is 2.76 bits per heavy atom. The van der Waals surface area contributed by atoms with Gasteiger partial charge in [0, 0.05) is 30.2 Å². The standard InChI is InChI=1S/C26H29FN6O3S/c1-3-37(35,36)31-23-11-9-20(10-12-23)26(34)28-14-15-29-33-17-13-25(30-19(33)2)32-16-5-8-24(32)21-6-4-7-22(27)18-21/h4,6-7,9-13,15,17-18,24,31H,2-3,5,8,14,16H2,1H3,(H,28,34)/b29-15-/t24-/m1/s1. The maximum absolute atomic E-state index is 13.7. The maximum Gasteiger partial charge on any atom is 0.251 e. The molecule has 2 aromatic carbocycles. The number of hydrazone groups is 1. The number of amidine groups is 1. The molecular weight excluding hydrogens is 495 g/mol. The third-order valence-corrected chi connectivity index (χ3v) is 7.32. The van der Waals surface area contributed by atoms with Crippen LogP contribution >= 0.6 is 0 Å². The molecule has 1 atom stereocenters. The Morgan fingerprint density at radius 1 is 1.27 bits per heavy atom. The smallest absolute Gasteiger partial charge is 0.251 e. The largest absolute Gasteiger partial charge is 0.349 e. The fourth-order valence-electron chi connectivity index (χ4n) is 4.12. The van der Waals surface area contributed by atoms with Crippen LogP contribution in [-0.2, 0) is 10.0 Å². The number of likely N-dealkylation sites (tertiary alicyclic amines) is 1. The lowest BCUT2D eigenvalue weighted by molar-refractivity contribution is 0.0959. The minimum atomic E-state index is -3.37. The van der Waals surface area contributed by atoms with Gasteiger partial charge in [0.2, 0.25) is 10.0 Å². The van der Waals surface area contributed by atoms with E-state index >= 15 is 0 Å². The van der Waals surface area contributed by atoms with E-state index in [1.165, 1.54) is 29.4 Å².